The van der Waals surface area contributed by atoms with E-state index in [-0.39, 0.29) is 11.6 Å². The molecule has 6 heteroatoms. The molecule has 4 rings (SSSR count). The van der Waals surface area contributed by atoms with Gasteiger partial charge in [-0.2, -0.15) is 0 Å². The lowest BCUT2D eigenvalue weighted by Gasteiger charge is -2.15. The van der Waals surface area contributed by atoms with Crippen molar-refractivity contribution in [2.45, 2.75) is 12.8 Å². The van der Waals surface area contributed by atoms with Crippen molar-refractivity contribution >= 4 is 17.6 Å². The molecule has 0 unspecified atom stereocenters. The van der Waals surface area contributed by atoms with E-state index in [1.54, 1.807) is 35.2 Å². The highest BCUT2D eigenvalue weighted by Crippen LogP contribution is 2.25. The third kappa shape index (κ3) is 3.21. The van der Waals surface area contributed by atoms with Gasteiger partial charge in [-0.25, -0.2) is 4.79 Å². The number of hydrogen-bond donors (Lipinski definition) is 0. The van der Waals surface area contributed by atoms with Crippen molar-refractivity contribution in [2.75, 3.05) is 11.4 Å². The minimum atomic E-state index is -0.596. The highest BCUT2D eigenvalue weighted by molar-refractivity contribution is 5.95. The maximum absolute atomic E-state index is 12.2. The standard InChI is InChI=1S/C20H16N2O4/c23-19-7-4-12-22(19)15-8-10-16(11-9-15)25-20(24)17-13-18(26-21-17)14-5-2-1-3-6-14/h1-3,5-6,8-11,13H,4,7,12H2. The fraction of sp³-hybridized carbons (Fsp3) is 0.150. The fourth-order valence-electron chi connectivity index (χ4n) is 2.88. The van der Waals surface area contributed by atoms with E-state index in [0.29, 0.717) is 17.9 Å². The van der Waals surface area contributed by atoms with Crippen LogP contribution in [0.3, 0.4) is 0 Å². The second-order valence-electron chi connectivity index (χ2n) is 5.97. The minimum Gasteiger partial charge on any atom is -0.422 e. The van der Waals surface area contributed by atoms with Gasteiger partial charge in [0, 0.05) is 30.3 Å². The van der Waals surface area contributed by atoms with E-state index in [4.69, 9.17) is 9.26 Å². The van der Waals surface area contributed by atoms with Crippen LogP contribution in [0.4, 0.5) is 5.69 Å². The third-order valence-corrected chi connectivity index (χ3v) is 4.21. The molecule has 1 saturated heterocycles. The van der Waals surface area contributed by atoms with E-state index in [1.165, 1.54) is 0 Å². The predicted molar refractivity (Wildman–Crippen MR) is 94.9 cm³/mol. The van der Waals surface area contributed by atoms with Crippen LogP contribution in [0.5, 0.6) is 5.75 Å². The molecule has 130 valence electrons. The lowest BCUT2D eigenvalue weighted by molar-refractivity contribution is -0.117. The Morgan fingerprint density at radius 3 is 2.54 bits per heavy atom. The van der Waals surface area contributed by atoms with E-state index in [2.05, 4.69) is 5.16 Å². The van der Waals surface area contributed by atoms with E-state index in [1.807, 2.05) is 30.3 Å². The average molecular weight is 348 g/mol. The number of nitrogens with zero attached hydrogens (tertiary/aromatic N) is 2. The summed E-state index contributed by atoms with van der Waals surface area (Å²) >= 11 is 0. The van der Waals surface area contributed by atoms with Crippen LogP contribution in [0.25, 0.3) is 11.3 Å². The first-order chi connectivity index (χ1) is 12.7. The molecule has 2 heterocycles. The molecule has 1 aliphatic rings. The summed E-state index contributed by atoms with van der Waals surface area (Å²) in [5.41, 5.74) is 1.74. The highest BCUT2D eigenvalue weighted by Gasteiger charge is 2.22. The lowest BCUT2D eigenvalue weighted by Crippen LogP contribution is -2.23. The Kier molecular flexibility index (Phi) is 4.23. The van der Waals surface area contributed by atoms with Crippen LogP contribution >= 0.6 is 0 Å². The van der Waals surface area contributed by atoms with E-state index in [0.717, 1.165) is 24.2 Å². The van der Waals surface area contributed by atoms with E-state index >= 15 is 0 Å². The molecule has 0 radical (unpaired) electrons. The number of carbonyl (C=O) groups is 2. The molecule has 0 saturated carbocycles. The zero-order valence-electron chi connectivity index (χ0n) is 13.9. The Hall–Kier alpha value is -3.41. The number of amides is 1. The number of carbonyl (C=O) groups excluding carboxylic acids is 2. The van der Waals surface area contributed by atoms with Gasteiger partial charge in [-0.15, -0.1) is 0 Å². The maximum Gasteiger partial charge on any atom is 0.365 e. The quantitative estimate of drug-likeness (QED) is 0.531. The van der Waals surface area contributed by atoms with Gasteiger partial charge in [-0.1, -0.05) is 35.5 Å². The summed E-state index contributed by atoms with van der Waals surface area (Å²) in [4.78, 5) is 25.7. The summed E-state index contributed by atoms with van der Waals surface area (Å²) in [5, 5.41) is 3.78. The number of esters is 1. The third-order valence-electron chi connectivity index (χ3n) is 4.21. The van der Waals surface area contributed by atoms with Gasteiger partial charge in [0.25, 0.3) is 0 Å². The first kappa shape index (κ1) is 16.1. The Bertz CT molecular complexity index is 932. The second kappa shape index (κ2) is 6.84. The Morgan fingerprint density at radius 1 is 1.08 bits per heavy atom. The van der Waals surface area contributed by atoms with Gasteiger partial charge in [0.05, 0.1) is 0 Å². The van der Waals surface area contributed by atoms with E-state index < -0.39 is 5.97 Å². The molecule has 6 nitrogen and oxygen atoms in total. The molecule has 1 aliphatic heterocycles. The smallest absolute Gasteiger partial charge is 0.365 e. The summed E-state index contributed by atoms with van der Waals surface area (Å²) in [6.07, 6.45) is 1.44. The molecule has 26 heavy (non-hydrogen) atoms. The number of benzene rings is 2. The topological polar surface area (TPSA) is 72.6 Å². The summed E-state index contributed by atoms with van der Waals surface area (Å²) in [6, 6.07) is 17.8. The van der Waals surface area contributed by atoms with Crippen molar-refractivity contribution < 1.29 is 18.8 Å². The molecule has 0 spiro atoms. The van der Waals surface area contributed by atoms with Crippen LogP contribution in [0.1, 0.15) is 23.3 Å². The molecule has 1 fully saturated rings. The van der Waals surface area contributed by atoms with Crippen LogP contribution in [-0.2, 0) is 4.79 Å². The van der Waals surface area contributed by atoms with Gasteiger partial charge >= 0.3 is 5.97 Å². The molecule has 0 bridgehead atoms. The van der Waals surface area contributed by atoms with Crippen molar-refractivity contribution in [2.24, 2.45) is 0 Å². The van der Waals surface area contributed by atoms with E-state index in [9.17, 15) is 9.59 Å². The molecule has 0 atom stereocenters. The fourth-order valence-corrected chi connectivity index (χ4v) is 2.88. The molecule has 1 aromatic heterocycles. The van der Waals surface area contributed by atoms with Gasteiger partial charge in [0.15, 0.2) is 11.5 Å². The number of hydrogen-bond acceptors (Lipinski definition) is 5. The molecule has 1 amide bonds. The van der Waals surface area contributed by atoms with Crippen molar-refractivity contribution in [1.82, 2.24) is 5.16 Å². The Balaban J connectivity index is 1.45. The Labute approximate surface area is 150 Å². The summed E-state index contributed by atoms with van der Waals surface area (Å²) in [5.74, 6) is 0.404. The SMILES string of the molecule is O=C(Oc1ccc(N2CCCC2=O)cc1)c1cc(-c2ccccc2)on1. The summed E-state index contributed by atoms with van der Waals surface area (Å²) in [6.45, 7) is 0.721. The van der Waals surface area contributed by atoms with Crippen LogP contribution in [-0.4, -0.2) is 23.6 Å². The number of anilines is 1. The van der Waals surface area contributed by atoms with Crippen LogP contribution in [0.2, 0.25) is 0 Å². The van der Waals surface area contributed by atoms with Crippen molar-refractivity contribution in [3.05, 3.63) is 66.4 Å². The number of rotatable bonds is 4. The second-order valence-corrected chi connectivity index (χ2v) is 5.97. The van der Waals surface area contributed by atoms with Crippen LogP contribution < -0.4 is 9.64 Å². The van der Waals surface area contributed by atoms with Gasteiger partial charge in [-0.05, 0) is 30.7 Å². The lowest BCUT2D eigenvalue weighted by atomic mass is 10.2. The van der Waals surface area contributed by atoms with Crippen molar-refractivity contribution in [1.29, 1.82) is 0 Å². The van der Waals surface area contributed by atoms with Gasteiger partial charge in [0.1, 0.15) is 5.75 Å². The first-order valence-electron chi connectivity index (χ1n) is 8.35. The normalized spacial score (nSPS) is 13.8. The largest absolute Gasteiger partial charge is 0.422 e. The monoisotopic (exact) mass is 348 g/mol. The molecule has 0 N–H and O–H groups in total. The molecule has 2 aromatic carbocycles. The van der Waals surface area contributed by atoms with Gasteiger partial charge in [0.2, 0.25) is 5.91 Å². The Morgan fingerprint density at radius 2 is 1.85 bits per heavy atom. The summed E-state index contributed by atoms with van der Waals surface area (Å²) < 4.78 is 10.5. The first-order valence-corrected chi connectivity index (χ1v) is 8.35. The van der Waals surface area contributed by atoms with Gasteiger partial charge < -0.3 is 14.2 Å². The average Bonchev–Trinajstić information content (AvgIpc) is 3.32. The van der Waals surface area contributed by atoms with Crippen LogP contribution in [0.15, 0.2) is 65.2 Å². The van der Waals surface area contributed by atoms with Crippen molar-refractivity contribution in [3.8, 4) is 17.1 Å². The molecular weight excluding hydrogens is 332 g/mol. The van der Waals surface area contributed by atoms with Crippen LogP contribution in [0, 0.1) is 0 Å². The zero-order chi connectivity index (χ0) is 17.9. The van der Waals surface area contributed by atoms with Crippen molar-refractivity contribution in [3.63, 3.8) is 0 Å². The number of ether oxygens (including phenoxy) is 1. The van der Waals surface area contributed by atoms with Gasteiger partial charge in [-0.3, -0.25) is 4.79 Å². The molecule has 0 aliphatic carbocycles. The highest BCUT2D eigenvalue weighted by atomic mass is 16.5. The molecular formula is C20H16N2O4. The maximum atomic E-state index is 12.2. The minimum absolute atomic E-state index is 0.0997. The summed E-state index contributed by atoms with van der Waals surface area (Å²) in [7, 11) is 0. The zero-order valence-corrected chi connectivity index (χ0v) is 13.9. The number of aromatic nitrogens is 1. The molecule has 3 aromatic rings. The predicted octanol–water partition coefficient (Wildman–Crippen LogP) is 3.69.